The molecule has 0 aliphatic heterocycles. The quantitative estimate of drug-likeness (QED) is 0.406. The molecule has 0 amide bonds. The van der Waals surface area contributed by atoms with E-state index in [9.17, 15) is 5.26 Å². The zero-order valence-electron chi connectivity index (χ0n) is 16.8. The third-order valence-electron chi connectivity index (χ3n) is 5.31. The van der Waals surface area contributed by atoms with E-state index < -0.39 is 0 Å². The molecule has 0 fully saturated rings. The van der Waals surface area contributed by atoms with Crippen LogP contribution in [0.2, 0.25) is 5.02 Å². The van der Waals surface area contributed by atoms with E-state index in [0.717, 1.165) is 46.5 Å². The standard InChI is InChI=1S/C24H23ClN4/c1-15(2)8-13-19-16(3)20(14-26)24-28-21-6-4-5-7-22(21)29(24)23(19)27-18-11-9-17(25)10-12-18/h4-7,9-12,15,27H,8,13H2,1-3H3. The van der Waals surface area contributed by atoms with E-state index in [-0.39, 0.29) is 0 Å². The molecule has 1 N–H and O–H groups in total. The fourth-order valence-electron chi connectivity index (χ4n) is 3.73. The molecule has 0 aliphatic rings. The number of para-hydroxylation sites is 2. The van der Waals surface area contributed by atoms with Crippen LogP contribution >= 0.6 is 11.6 Å². The average molecular weight is 403 g/mol. The number of pyridine rings is 1. The van der Waals surface area contributed by atoms with Gasteiger partial charge in [0.05, 0.1) is 16.6 Å². The second-order valence-electron chi connectivity index (χ2n) is 7.76. The number of rotatable bonds is 5. The first-order chi connectivity index (χ1) is 14.0. The normalized spacial score (nSPS) is 11.3. The van der Waals surface area contributed by atoms with Crippen molar-refractivity contribution in [3.05, 3.63) is 70.2 Å². The minimum absolute atomic E-state index is 0.568. The predicted molar refractivity (Wildman–Crippen MR) is 120 cm³/mol. The maximum Gasteiger partial charge on any atom is 0.157 e. The molecule has 2 aromatic heterocycles. The zero-order valence-corrected chi connectivity index (χ0v) is 17.6. The number of imidazole rings is 1. The summed E-state index contributed by atoms with van der Waals surface area (Å²) in [5, 5.41) is 14.2. The van der Waals surface area contributed by atoms with Gasteiger partial charge in [0.25, 0.3) is 0 Å². The van der Waals surface area contributed by atoms with E-state index in [1.165, 1.54) is 0 Å². The number of nitrogens with zero attached hydrogens (tertiary/aromatic N) is 3. The molecule has 0 spiro atoms. The average Bonchev–Trinajstić information content (AvgIpc) is 3.08. The highest BCUT2D eigenvalue weighted by molar-refractivity contribution is 6.30. The molecule has 0 aliphatic carbocycles. The molecule has 0 saturated heterocycles. The first kappa shape index (κ1) is 19.3. The van der Waals surface area contributed by atoms with Crippen LogP contribution in [0.4, 0.5) is 11.5 Å². The number of hydrogen-bond donors (Lipinski definition) is 1. The Morgan fingerprint density at radius 1 is 1.14 bits per heavy atom. The Hall–Kier alpha value is -3.03. The number of halogens is 1. The molecule has 0 atom stereocenters. The lowest BCUT2D eigenvalue weighted by atomic mass is 9.96. The second kappa shape index (κ2) is 7.77. The molecule has 0 bridgehead atoms. The van der Waals surface area contributed by atoms with Crippen molar-refractivity contribution in [1.82, 2.24) is 9.38 Å². The molecule has 4 nitrogen and oxygen atoms in total. The third kappa shape index (κ3) is 3.54. The van der Waals surface area contributed by atoms with Crippen LogP contribution in [-0.2, 0) is 6.42 Å². The molecule has 0 unspecified atom stereocenters. The SMILES string of the molecule is Cc1c(CCC(C)C)c(Nc2ccc(Cl)cc2)n2c(nc3ccccc32)c1C#N. The highest BCUT2D eigenvalue weighted by Crippen LogP contribution is 2.34. The van der Waals surface area contributed by atoms with E-state index in [4.69, 9.17) is 16.6 Å². The number of nitrogens with one attached hydrogen (secondary N) is 1. The van der Waals surface area contributed by atoms with Crippen molar-refractivity contribution < 1.29 is 0 Å². The molecule has 2 aromatic carbocycles. The number of fused-ring (bicyclic) bond motifs is 3. The first-order valence-corrected chi connectivity index (χ1v) is 10.2. The molecule has 146 valence electrons. The van der Waals surface area contributed by atoms with Crippen molar-refractivity contribution in [2.24, 2.45) is 5.92 Å². The largest absolute Gasteiger partial charge is 0.341 e. The van der Waals surface area contributed by atoms with Gasteiger partial charge in [-0.3, -0.25) is 4.40 Å². The van der Waals surface area contributed by atoms with Crippen molar-refractivity contribution in [2.75, 3.05) is 5.32 Å². The number of anilines is 2. The van der Waals surface area contributed by atoms with Crippen LogP contribution in [0, 0.1) is 24.2 Å². The predicted octanol–water partition coefficient (Wildman–Crippen LogP) is 6.65. The van der Waals surface area contributed by atoms with E-state index in [1.54, 1.807) is 0 Å². The van der Waals surface area contributed by atoms with Crippen LogP contribution in [0.1, 0.15) is 37.0 Å². The van der Waals surface area contributed by atoms with Crippen LogP contribution in [0.15, 0.2) is 48.5 Å². The summed E-state index contributed by atoms with van der Waals surface area (Å²) in [5.41, 5.74) is 6.29. The lowest BCUT2D eigenvalue weighted by Gasteiger charge is -2.19. The van der Waals surface area contributed by atoms with Gasteiger partial charge < -0.3 is 5.32 Å². The van der Waals surface area contributed by atoms with Crippen LogP contribution in [0.25, 0.3) is 16.7 Å². The summed E-state index contributed by atoms with van der Waals surface area (Å²) in [6, 6.07) is 18.1. The number of benzene rings is 2. The smallest absolute Gasteiger partial charge is 0.157 e. The molecule has 4 rings (SSSR count). The minimum atomic E-state index is 0.568. The van der Waals surface area contributed by atoms with Crippen molar-refractivity contribution in [3.8, 4) is 6.07 Å². The minimum Gasteiger partial charge on any atom is -0.341 e. The lowest BCUT2D eigenvalue weighted by Crippen LogP contribution is -2.09. The van der Waals surface area contributed by atoms with Gasteiger partial charge in [-0.1, -0.05) is 37.6 Å². The summed E-state index contributed by atoms with van der Waals surface area (Å²) in [6.07, 6.45) is 1.93. The first-order valence-electron chi connectivity index (χ1n) is 9.85. The Balaban J connectivity index is 2.03. The van der Waals surface area contributed by atoms with Crippen LogP contribution in [0.3, 0.4) is 0 Å². The Bertz CT molecular complexity index is 1230. The molecule has 0 saturated carbocycles. The highest BCUT2D eigenvalue weighted by atomic mass is 35.5. The molecule has 4 aromatic rings. The van der Waals surface area contributed by atoms with Crippen molar-refractivity contribution >= 4 is 39.8 Å². The summed E-state index contributed by atoms with van der Waals surface area (Å²) in [7, 11) is 0. The van der Waals surface area contributed by atoms with Gasteiger partial charge in [-0.25, -0.2) is 4.98 Å². The Kier molecular flexibility index (Phi) is 5.17. The zero-order chi connectivity index (χ0) is 20.5. The van der Waals surface area contributed by atoms with Gasteiger partial charge in [-0.05, 0) is 73.2 Å². The van der Waals surface area contributed by atoms with Crippen LogP contribution < -0.4 is 5.32 Å². The summed E-state index contributed by atoms with van der Waals surface area (Å²) >= 11 is 6.07. The monoisotopic (exact) mass is 402 g/mol. The molecule has 0 radical (unpaired) electrons. The van der Waals surface area contributed by atoms with Crippen LogP contribution in [-0.4, -0.2) is 9.38 Å². The van der Waals surface area contributed by atoms with Crippen molar-refractivity contribution in [3.63, 3.8) is 0 Å². The second-order valence-corrected chi connectivity index (χ2v) is 8.20. The van der Waals surface area contributed by atoms with E-state index in [0.29, 0.717) is 22.2 Å². The van der Waals surface area contributed by atoms with Gasteiger partial charge in [0.1, 0.15) is 11.9 Å². The fourth-order valence-corrected chi connectivity index (χ4v) is 3.85. The summed E-state index contributed by atoms with van der Waals surface area (Å²) in [6.45, 7) is 6.47. The number of aromatic nitrogens is 2. The van der Waals surface area contributed by atoms with Crippen molar-refractivity contribution in [2.45, 2.75) is 33.6 Å². The maximum atomic E-state index is 9.92. The van der Waals surface area contributed by atoms with E-state index in [1.807, 2.05) is 55.5 Å². The van der Waals surface area contributed by atoms with Gasteiger partial charge in [0.2, 0.25) is 0 Å². The van der Waals surface area contributed by atoms with Crippen molar-refractivity contribution in [1.29, 1.82) is 5.26 Å². The molecular weight excluding hydrogens is 380 g/mol. The highest BCUT2D eigenvalue weighted by Gasteiger charge is 2.21. The molecule has 29 heavy (non-hydrogen) atoms. The van der Waals surface area contributed by atoms with Gasteiger partial charge in [0, 0.05) is 10.7 Å². The topological polar surface area (TPSA) is 53.1 Å². The van der Waals surface area contributed by atoms with E-state index >= 15 is 0 Å². The van der Waals surface area contributed by atoms with Crippen LogP contribution in [0.5, 0.6) is 0 Å². The van der Waals surface area contributed by atoms with Gasteiger partial charge in [-0.2, -0.15) is 5.26 Å². The fraction of sp³-hybridized carbons (Fsp3) is 0.250. The van der Waals surface area contributed by atoms with E-state index in [2.05, 4.69) is 29.6 Å². The maximum absolute atomic E-state index is 9.92. The van der Waals surface area contributed by atoms with Gasteiger partial charge in [0.15, 0.2) is 5.65 Å². The Morgan fingerprint density at radius 2 is 1.86 bits per heavy atom. The molecule has 5 heteroatoms. The lowest BCUT2D eigenvalue weighted by molar-refractivity contribution is 0.585. The van der Waals surface area contributed by atoms with Gasteiger partial charge in [-0.15, -0.1) is 0 Å². The molecular formula is C24H23ClN4. The number of nitriles is 1. The Labute approximate surface area is 175 Å². The van der Waals surface area contributed by atoms with Gasteiger partial charge >= 0.3 is 0 Å². The molecule has 2 heterocycles. The summed E-state index contributed by atoms with van der Waals surface area (Å²) in [4.78, 5) is 4.78. The summed E-state index contributed by atoms with van der Waals surface area (Å²) < 4.78 is 2.09. The Morgan fingerprint density at radius 3 is 2.55 bits per heavy atom. The number of hydrogen-bond acceptors (Lipinski definition) is 3. The summed E-state index contributed by atoms with van der Waals surface area (Å²) in [5.74, 6) is 1.53. The third-order valence-corrected chi connectivity index (χ3v) is 5.56.